The van der Waals surface area contributed by atoms with E-state index in [1.165, 1.54) is 43.1 Å². The van der Waals surface area contributed by atoms with Crippen molar-refractivity contribution >= 4 is 81.4 Å². The summed E-state index contributed by atoms with van der Waals surface area (Å²) in [6.07, 6.45) is 3.74. The maximum absolute atomic E-state index is 5.49. The van der Waals surface area contributed by atoms with Gasteiger partial charge in [-0.25, -0.2) is 19.9 Å². The molecule has 0 aliphatic rings. The third kappa shape index (κ3) is 8.06. The van der Waals surface area contributed by atoms with E-state index in [4.69, 9.17) is 19.9 Å². The molecule has 0 spiro atoms. The highest BCUT2D eigenvalue weighted by Gasteiger charge is 2.23. The van der Waals surface area contributed by atoms with Gasteiger partial charge in [0.15, 0.2) is 17.5 Å². The molecule has 0 bridgehead atoms. The molecule has 0 amide bonds. The summed E-state index contributed by atoms with van der Waals surface area (Å²) in [4.78, 5) is 26.2. The predicted octanol–water partition coefficient (Wildman–Crippen LogP) is 20.3. The normalized spacial score (nSPS) is 11.8. The largest absolute Gasteiger partial charge is 0.292 e. The van der Waals surface area contributed by atoms with Crippen LogP contribution in [-0.2, 0) is 0 Å². The van der Waals surface area contributed by atoms with Crippen LogP contribution in [0.1, 0.15) is 0 Å². The van der Waals surface area contributed by atoms with Crippen molar-refractivity contribution in [3.8, 4) is 89.8 Å². The number of imidazole rings is 1. The highest BCUT2D eigenvalue weighted by molar-refractivity contribution is 6.24. The van der Waals surface area contributed by atoms with E-state index in [0.717, 1.165) is 111 Å². The van der Waals surface area contributed by atoms with Crippen LogP contribution in [0.3, 0.4) is 0 Å². The lowest BCUT2D eigenvalue weighted by atomic mass is 9.85. The molecule has 0 atom stereocenters. The van der Waals surface area contributed by atoms with Crippen LogP contribution in [-0.4, -0.2) is 29.3 Å². The van der Waals surface area contributed by atoms with Gasteiger partial charge in [-0.1, -0.05) is 218 Å². The van der Waals surface area contributed by atoms with Crippen LogP contribution < -0.4 is 0 Å². The van der Waals surface area contributed by atoms with Crippen molar-refractivity contribution < 1.29 is 0 Å². The van der Waals surface area contributed by atoms with Crippen LogP contribution in [0.25, 0.3) is 171 Å². The van der Waals surface area contributed by atoms with E-state index in [1.807, 2.05) is 36.7 Å². The maximum atomic E-state index is 5.49. The molecule has 0 radical (unpaired) electrons. The van der Waals surface area contributed by atoms with E-state index in [9.17, 15) is 0 Å². The molecule has 4 heterocycles. The molecule has 17 aromatic rings. The molecule has 85 heavy (non-hydrogen) atoms. The molecule has 0 saturated carbocycles. The first kappa shape index (κ1) is 48.3. The lowest BCUT2D eigenvalue weighted by molar-refractivity contribution is 1.07. The van der Waals surface area contributed by atoms with Crippen molar-refractivity contribution in [2.45, 2.75) is 0 Å². The number of para-hydroxylation sites is 2. The first-order chi connectivity index (χ1) is 42.1. The Bertz CT molecular complexity index is 5540. The van der Waals surface area contributed by atoms with Crippen molar-refractivity contribution in [1.29, 1.82) is 0 Å². The maximum Gasteiger partial charge on any atom is 0.164 e. The van der Waals surface area contributed by atoms with E-state index >= 15 is 0 Å². The number of hydrogen-bond acceptors (Lipinski definition) is 5. The highest BCUT2D eigenvalue weighted by Crippen LogP contribution is 2.47. The van der Waals surface area contributed by atoms with Gasteiger partial charge in [-0.2, -0.15) is 0 Å². The minimum absolute atomic E-state index is 0.569. The first-order valence-electron chi connectivity index (χ1n) is 28.8. The third-order valence-corrected chi connectivity index (χ3v) is 17.0. The van der Waals surface area contributed by atoms with Gasteiger partial charge in [-0.05, 0) is 159 Å². The minimum atomic E-state index is 0.569. The van der Waals surface area contributed by atoms with Gasteiger partial charge in [-0.15, -0.1) is 0 Å². The van der Waals surface area contributed by atoms with E-state index in [-0.39, 0.29) is 0 Å². The number of aromatic nitrogens is 6. The second-order valence-electron chi connectivity index (χ2n) is 21.9. The van der Waals surface area contributed by atoms with Crippen LogP contribution in [0, 0.1) is 0 Å². The van der Waals surface area contributed by atoms with Gasteiger partial charge in [0, 0.05) is 45.4 Å². The Morgan fingerprint density at radius 2 is 0.835 bits per heavy atom. The van der Waals surface area contributed by atoms with Crippen molar-refractivity contribution in [3.63, 3.8) is 0 Å². The minimum Gasteiger partial charge on any atom is -0.292 e. The van der Waals surface area contributed by atoms with Gasteiger partial charge < -0.3 is 0 Å². The first-order valence-corrected chi connectivity index (χ1v) is 28.8. The Hall–Kier alpha value is -11.5. The molecule has 0 aliphatic carbocycles. The zero-order valence-electron chi connectivity index (χ0n) is 45.9. The quantitative estimate of drug-likeness (QED) is 0.142. The van der Waals surface area contributed by atoms with Crippen molar-refractivity contribution in [2.75, 3.05) is 0 Å². The molecular formula is C79H48N6. The summed E-state index contributed by atoms with van der Waals surface area (Å²) in [6, 6.07) is 100. The molecule has 6 nitrogen and oxygen atoms in total. The third-order valence-electron chi connectivity index (χ3n) is 17.0. The highest BCUT2D eigenvalue weighted by atomic mass is 15.0. The predicted molar refractivity (Wildman–Crippen MR) is 352 cm³/mol. The fourth-order valence-electron chi connectivity index (χ4n) is 13.1. The Kier molecular flexibility index (Phi) is 11.1. The molecule has 0 fully saturated rings. The number of rotatable bonds is 8. The fraction of sp³-hybridized carbons (Fsp3) is 0. The topological polar surface area (TPSA) is 68.9 Å². The van der Waals surface area contributed by atoms with Gasteiger partial charge in [0.1, 0.15) is 5.65 Å². The van der Waals surface area contributed by atoms with E-state index < -0.39 is 0 Å². The van der Waals surface area contributed by atoms with Crippen molar-refractivity contribution in [2.24, 2.45) is 0 Å². The van der Waals surface area contributed by atoms with E-state index in [2.05, 4.69) is 264 Å². The molecule has 17 rings (SSSR count). The Balaban J connectivity index is 0.895. The number of fused-ring (bicyclic) bond motifs is 14. The zero-order chi connectivity index (χ0) is 56.0. The second-order valence-corrected chi connectivity index (χ2v) is 21.9. The van der Waals surface area contributed by atoms with Crippen molar-refractivity contribution in [3.05, 3.63) is 291 Å². The van der Waals surface area contributed by atoms with Crippen molar-refractivity contribution in [1.82, 2.24) is 29.3 Å². The summed E-state index contributed by atoms with van der Waals surface area (Å²) in [5.41, 5.74) is 17.5. The van der Waals surface area contributed by atoms with Gasteiger partial charge >= 0.3 is 0 Å². The standard InChI is InChI=1S/C79H48N6/c1-3-19-49(20-4-1)69-47-70(74(66-33-14-13-32-64(66)69)54-37-38-65-67-39-36-50-21-7-10-29-61(50)75(67)79-81-71-34-15-16-35-72(71)85(79)73(65)46-54)52-25-17-26-55(41-52)77-82-76(51-22-5-2-6-23-51)83-78(84-77)59-43-57(56-27-18-40-80-48-56)42-58(44-59)68-45-53-24-8-9-28-60(53)62-30-11-12-31-63(62)68/h1-48H. The molecule has 4 aromatic heterocycles. The lowest BCUT2D eigenvalue weighted by Crippen LogP contribution is -2.01. The van der Waals surface area contributed by atoms with Crippen LogP contribution in [0.5, 0.6) is 0 Å². The monoisotopic (exact) mass is 1080 g/mol. The summed E-state index contributed by atoms with van der Waals surface area (Å²) in [6.45, 7) is 0. The summed E-state index contributed by atoms with van der Waals surface area (Å²) in [7, 11) is 0. The summed E-state index contributed by atoms with van der Waals surface area (Å²) in [5, 5.41) is 13.0. The molecule has 394 valence electrons. The van der Waals surface area contributed by atoms with E-state index in [0.29, 0.717) is 17.5 Å². The SMILES string of the molecule is c1ccc(-c2nc(-c3cccc(-c4cc(-c5ccccc5)c5ccccc5c4-c4ccc5c6ccc7ccccc7c6c6nc7ccccc7n6c5c4)c3)nc(-c3cc(-c4cccnc4)cc(-c4cc5ccccc5c5ccccc45)c3)n2)cc1. The average molecular weight is 1080 g/mol. The summed E-state index contributed by atoms with van der Waals surface area (Å²) in [5.74, 6) is 1.72. The average Bonchev–Trinajstić information content (AvgIpc) is 2.90. The lowest BCUT2D eigenvalue weighted by Gasteiger charge is -2.20. The van der Waals surface area contributed by atoms with E-state index in [1.54, 1.807) is 0 Å². The molecule has 0 unspecified atom stereocenters. The zero-order valence-corrected chi connectivity index (χ0v) is 45.9. The summed E-state index contributed by atoms with van der Waals surface area (Å²) >= 11 is 0. The van der Waals surface area contributed by atoms with Gasteiger partial charge in [0.05, 0.1) is 16.6 Å². The molecular weight excluding hydrogens is 1030 g/mol. The Morgan fingerprint density at radius 3 is 1.64 bits per heavy atom. The van der Waals surface area contributed by atoms with Gasteiger partial charge in [-0.3, -0.25) is 9.38 Å². The fourth-order valence-corrected chi connectivity index (χ4v) is 13.1. The number of pyridine rings is 2. The molecule has 0 aliphatic heterocycles. The van der Waals surface area contributed by atoms with Crippen LogP contribution >= 0.6 is 0 Å². The molecule has 13 aromatic carbocycles. The van der Waals surface area contributed by atoms with Gasteiger partial charge in [0.25, 0.3) is 0 Å². The molecule has 0 N–H and O–H groups in total. The Labute approximate surface area is 489 Å². The number of benzene rings is 13. The van der Waals surface area contributed by atoms with Crippen LogP contribution in [0.4, 0.5) is 0 Å². The van der Waals surface area contributed by atoms with Crippen LogP contribution in [0.2, 0.25) is 0 Å². The Morgan fingerprint density at radius 1 is 0.259 bits per heavy atom. The molecule has 0 saturated heterocycles. The van der Waals surface area contributed by atoms with Gasteiger partial charge in [0.2, 0.25) is 0 Å². The van der Waals surface area contributed by atoms with Crippen LogP contribution in [0.15, 0.2) is 291 Å². The number of hydrogen-bond donors (Lipinski definition) is 0. The molecule has 6 heteroatoms. The summed E-state index contributed by atoms with van der Waals surface area (Å²) < 4.78 is 2.38. The smallest absolute Gasteiger partial charge is 0.164 e. The second kappa shape index (κ2) is 19.6. The number of nitrogens with zero attached hydrogens (tertiary/aromatic N) is 6.